The van der Waals surface area contributed by atoms with Crippen LogP contribution in [-0.4, -0.2) is 34.6 Å². The van der Waals surface area contributed by atoms with Gasteiger partial charge in [-0.15, -0.1) is 0 Å². The summed E-state index contributed by atoms with van der Waals surface area (Å²) in [5.74, 6) is -1.56. The maximum absolute atomic E-state index is 11.8. The van der Waals surface area contributed by atoms with E-state index in [1.54, 1.807) is 30.3 Å². The normalized spacial score (nSPS) is 11.7. The largest absolute Gasteiger partial charge is 0.504 e. The molecule has 2 aromatic rings. The van der Waals surface area contributed by atoms with Gasteiger partial charge in [-0.3, -0.25) is 9.59 Å². The fraction of sp³-hybridized carbons (Fsp3) is 0.176. The molecule has 0 amide bonds. The van der Waals surface area contributed by atoms with E-state index in [1.165, 1.54) is 18.2 Å². The molecule has 1 atom stereocenters. The Morgan fingerprint density at radius 3 is 2.39 bits per heavy atom. The third kappa shape index (κ3) is 4.55. The molecule has 0 aliphatic heterocycles. The van der Waals surface area contributed by atoms with Crippen LogP contribution in [0.4, 0.5) is 0 Å². The van der Waals surface area contributed by atoms with Crippen molar-refractivity contribution in [3.8, 4) is 11.5 Å². The van der Waals surface area contributed by atoms with E-state index in [0.29, 0.717) is 11.1 Å². The van der Waals surface area contributed by atoms with Crippen molar-refractivity contribution < 1.29 is 24.5 Å². The highest BCUT2D eigenvalue weighted by molar-refractivity contribution is 5.98. The van der Waals surface area contributed by atoms with Crippen LogP contribution in [-0.2, 0) is 16.0 Å². The lowest BCUT2D eigenvalue weighted by atomic mass is 10.1. The van der Waals surface area contributed by atoms with E-state index in [9.17, 15) is 19.8 Å². The van der Waals surface area contributed by atoms with Gasteiger partial charge in [0.1, 0.15) is 6.04 Å². The first-order valence-corrected chi connectivity index (χ1v) is 6.98. The average molecular weight is 315 g/mol. The summed E-state index contributed by atoms with van der Waals surface area (Å²) in [4.78, 5) is 23.7. The average Bonchev–Trinajstić information content (AvgIpc) is 2.56. The molecule has 0 saturated heterocycles. The summed E-state index contributed by atoms with van der Waals surface area (Å²) in [6, 6.07) is 11.7. The number of phenols is 2. The summed E-state index contributed by atoms with van der Waals surface area (Å²) in [6.45, 7) is -0.378. The predicted molar refractivity (Wildman–Crippen MR) is 83.2 cm³/mol. The molecular formula is C17H17NO5. The highest BCUT2D eigenvalue weighted by atomic mass is 16.5. The highest BCUT2D eigenvalue weighted by Gasteiger charge is 2.18. The van der Waals surface area contributed by atoms with Crippen LogP contribution in [0.1, 0.15) is 15.9 Å². The van der Waals surface area contributed by atoms with Crippen molar-refractivity contribution in [2.45, 2.75) is 12.5 Å². The number of benzene rings is 2. The zero-order valence-electron chi connectivity index (χ0n) is 12.3. The van der Waals surface area contributed by atoms with Crippen molar-refractivity contribution >= 4 is 11.8 Å². The molecule has 0 bridgehead atoms. The predicted octanol–water partition coefficient (Wildman–Crippen LogP) is 1.39. The van der Waals surface area contributed by atoms with Gasteiger partial charge < -0.3 is 20.7 Å². The second kappa shape index (κ2) is 7.42. The molecule has 1 unspecified atom stereocenters. The summed E-state index contributed by atoms with van der Waals surface area (Å²) in [6.07, 6.45) is 0.117. The first kappa shape index (κ1) is 16.5. The fourth-order valence-corrected chi connectivity index (χ4v) is 1.98. The number of nitrogens with two attached hydrogens (primary N) is 1. The number of rotatable bonds is 6. The van der Waals surface area contributed by atoms with Gasteiger partial charge in [0.05, 0.1) is 0 Å². The van der Waals surface area contributed by atoms with Gasteiger partial charge in [-0.1, -0.05) is 36.4 Å². The van der Waals surface area contributed by atoms with E-state index >= 15 is 0 Å². The topological polar surface area (TPSA) is 110 Å². The first-order valence-electron chi connectivity index (χ1n) is 6.98. The summed E-state index contributed by atoms with van der Waals surface area (Å²) in [5.41, 5.74) is 6.76. The van der Waals surface area contributed by atoms with Gasteiger partial charge in [-0.25, -0.2) is 0 Å². The van der Waals surface area contributed by atoms with Gasteiger partial charge in [0.2, 0.25) is 0 Å². The molecule has 0 aliphatic carbocycles. The molecule has 0 radical (unpaired) electrons. The highest BCUT2D eigenvalue weighted by Crippen LogP contribution is 2.25. The molecule has 120 valence electrons. The van der Waals surface area contributed by atoms with Crippen LogP contribution in [0.3, 0.4) is 0 Å². The number of ether oxygens (including phenoxy) is 1. The van der Waals surface area contributed by atoms with Crippen LogP contribution in [0.5, 0.6) is 11.5 Å². The van der Waals surface area contributed by atoms with Crippen molar-refractivity contribution in [3.63, 3.8) is 0 Å². The quantitative estimate of drug-likeness (QED) is 0.422. The lowest BCUT2D eigenvalue weighted by Crippen LogP contribution is -2.35. The van der Waals surface area contributed by atoms with Crippen LogP contribution in [0.2, 0.25) is 0 Å². The Labute approximate surface area is 133 Å². The van der Waals surface area contributed by atoms with Crippen LogP contribution in [0.15, 0.2) is 48.5 Å². The second-order valence-electron chi connectivity index (χ2n) is 5.03. The zero-order valence-corrected chi connectivity index (χ0v) is 12.3. The number of carbonyl (C=O) groups excluding carboxylic acids is 2. The summed E-state index contributed by atoms with van der Waals surface area (Å²) >= 11 is 0. The Kier molecular flexibility index (Phi) is 5.32. The number of hydrogen-bond donors (Lipinski definition) is 3. The molecule has 4 N–H and O–H groups in total. The molecule has 2 aromatic carbocycles. The molecule has 6 nitrogen and oxygen atoms in total. The maximum atomic E-state index is 11.8. The smallest absolute Gasteiger partial charge is 0.323 e. The van der Waals surface area contributed by atoms with Crippen molar-refractivity contribution in [3.05, 3.63) is 59.7 Å². The SMILES string of the molecule is NC(Cc1ccc(O)c(O)c1)C(=O)OCC(=O)c1ccccc1. The van der Waals surface area contributed by atoms with Gasteiger partial charge >= 0.3 is 5.97 Å². The number of ketones is 1. The van der Waals surface area contributed by atoms with E-state index in [4.69, 9.17) is 10.5 Å². The van der Waals surface area contributed by atoms with E-state index in [1.807, 2.05) is 0 Å². The molecule has 6 heteroatoms. The fourth-order valence-electron chi connectivity index (χ4n) is 1.98. The van der Waals surface area contributed by atoms with Gasteiger partial charge in [-0.05, 0) is 24.1 Å². The minimum absolute atomic E-state index is 0.117. The minimum atomic E-state index is -0.970. The summed E-state index contributed by atoms with van der Waals surface area (Å²) < 4.78 is 4.92. The van der Waals surface area contributed by atoms with Gasteiger partial charge in [-0.2, -0.15) is 0 Å². The molecular weight excluding hydrogens is 298 g/mol. The Hall–Kier alpha value is -2.86. The molecule has 0 heterocycles. The summed E-state index contributed by atoms with van der Waals surface area (Å²) in [5, 5.41) is 18.6. The van der Waals surface area contributed by atoms with Crippen LogP contribution < -0.4 is 5.73 Å². The van der Waals surface area contributed by atoms with Crippen molar-refractivity contribution in [2.24, 2.45) is 5.73 Å². The van der Waals surface area contributed by atoms with Crippen molar-refractivity contribution in [1.29, 1.82) is 0 Å². The first-order chi connectivity index (χ1) is 11.0. The number of phenolic OH excluding ortho intramolecular Hbond substituents is 2. The Morgan fingerprint density at radius 2 is 1.74 bits per heavy atom. The van der Waals surface area contributed by atoms with E-state index < -0.39 is 12.0 Å². The molecule has 0 aromatic heterocycles. The molecule has 0 aliphatic rings. The zero-order chi connectivity index (χ0) is 16.8. The molecule has 0 spiro atoms. The third-order valence-corrected chi connectivity index (χ3v) is 3.24. The molecule has 0 saturated carbocycles. The maximum Gasteiger partial charge on any atom is 0.323 e. The molecule has 2 rings (SSSR count). The minimum Gasteiger partial charge on any atom is -0.504 e. The second-order valence-corrected chi connectivity index (χ2v) is 5.03. The summed E-state index contributed by atoms with van der Waals surface area (Å²) in [7, 11) is 0. The Balaban J connectivity index is 1.87. The Bertz CT molecular complexity index is 699. The number of Topliss-reactive ketones (excluding diaryl/α,β-unsaturated/α-hetero) is 1. The van der Waals surface area contributed by atoms with Gasteiger partial charge in [0.25, 0.3) is 0 Å². The van der Waals surface area contributed by atoms with Crippen LogP contribution in [0.25, 0.3) is 0 Å². The molecule has 0 fully saturated rings. The van der Waals surface area contributed by atoms with Gasteiger partial charge in [0.15, 0.2) is 23.9 Å². The number of carbonyl (C=O) groups is 2. The van der Waals surface area contributed by atoms with Crippen molar-refractivity contribution in [1.82, 2.24) is 0 Å². The number of aromatic hydroxyl groups is 2. The van der Waals surface area contributed by atoms with Crippen LogP contribution in [0, 0.1) is 0 Å². The third-order valence-electron chi connectivity index (χ3n) is 3.24. The van der Waals surface area contributed by atoms with E-state index in [-0.39, 0.29) is 30.3 Å². The molecule has 23 heavy (non-hydrogen) atoms. The Morgan fingerprint density at radius 1 is 1.04 bits per heavy atom. The van der Waals surface area contributed by atoms with E-state index in [2.05, 4.69) is 0 Å². The number of esters is 1. The number of hydrogen-bond acceptors (Lipinski definition) is 6. The lowest BCUT2D eigenvalue weighted by Gasteiger charge is -2.11. The standard InChI is InChI=1S/C17H17NO5/c18-13(8-11-6-7-14(19)15(20)9-11)17(22)23-10-16(21)12-4-2-1-3-5-12/h1-7,9,13,19-20H,8,10,18H2. The van der Waals surface area contributed by atoms with Crippen molar-refractivity contribution in [2.75, 3.05) is 6.61 Å². The monoisotopic (exact) mass is 315 g/mol. The van der Waals surface area contributed by atoms with E-state index in [0.717, 1.165) is 0 Å². The lowest BCUT2D eigenvalue weighted by molar-refractivity contribution is -0.144. The van der Waals surface area contributed by atoms with Gasteiger partial charge in [0, 0.05) is 5.56 Å². The van der Waals surface area contributed by atoms with Crippen LogP contribution >= 0.6 is 0 Å².